The molecule has 0 aromatic carbocycles. The van der Waals surface area contributed by atoms with Gasteiger partial charge in [0.25, 0.3) is 0 Å². The molecule has 1 aliphatic heterocycles. The number of aliphatic hydroxyl groups excluding tert-OH is 1. The molecule has 1 saturated heterocycles. The average Bonchev–Trinajstić information content (AvgIpc) is 2.44. The third-order valence-electron chi connectivity index (χ3n) is 3.55. The first-order valence-corrected chi connectivity index (χ1v) is 4.50. The monoisotopic (exact) mass is 156 g/mol. The normalized spacial score (nSPS) is 56.5. The van der Waals surface area contributed by atoms with E-state index in [1.807, 2.05) is 0 Å². The van der Waals surface area contributed by atoms with Crippen molar-refractivity contribution in [3.05, 3.63) is 0 Å². The molecule has 1 N–H and O–H groups in total. The minimum atomic E-state index is -0.219. The van der Waals surface area contributed by atoms with Gasteiger partial charge in [-0.1, -0.05) is 13.8 Å². The van der Waals surface area contributed by atoms with Gasteiger partial charge in [-0.25, -0.2) is 0 Å². The molecule has 2 unspecified atom stereocenters. The van der Waals surface area contributed by atoms with Crippen LogP contribution >= 0.6 is 0 Å². The summed E-state index contributed by atoms with van der Waals surface area (Å²) in [5.74, 6) is 1.75. The topological polar surface area (TPSA) is 29.5 Å². The van der Waals surface area contributed by atoms with Crippen LogP contribution in [-0.4, -0.2) is 23.9 Å². The standard InChI is InChI=1S/C9H16O2/c1-5-6(2)9(10)8-3-7(5)4-11-8/h5-10H,3-4H2,1-2H3/t5-,6-,7?,8+,9?/m0/s1. The summed E-state index contributed by atoms with van der Waals surface area (Å²) in [7, 11) is 0. The maximum absolute atomic E-state index is 9.71. The lowest BCUT2D eigenvalue weighted by Gasteiger charge is -2.34. The molecule has 5 atom stereocenters. The van der Waals surface area contributed by atoms with Crippen LogP contribution in [-0.2, 0) is 4.74 Å². The predicted molar refractivity (Wildman–Crippen MR) is 42.2 cm³/mol. The third-order valence-corrected chi connectivity index (χ3v) is 3.55. The molecule has 1 aliphatic carbocycles. The molecule has 2 heteroatoms. The molecule has 2 aliphatic rings. The number of fused-ring (bicyclic) bond motifs is 2. The van der Waals surface area contributed by atoms with Crippen LogP contribution < -0.4 is 0 Å². The Bertz CT molecular complexity index is 138. The molecule has 2 rings (SSSR count). The molecule has 11 heavy (non-hydrogen) atoms. The first kappa shape index (κ1) is 7.56. The van der Waals surface area contributed by atoms with Crippen molar-refractivity contribution < 1.29 is 9.84 Å². The first-order valence-electron chi connectivity index (χ1n) is 4.50. The largest absolute Gasteiger partial charge is 0.390 e. The molecular weight excluding hydrogens is 140 g/mol. The fraction of sp³-hybridized carbons (Fsp3) is 1.00. The van der Waals surface area contributed by atoms with E-state index in [4.69, 9.17) is 4.74 Å². The van der Waals surface area contributed by atoms with Crippen LogP contribution in [0.25, 0.3) is 0 Å². The van der Waals surface area contributed by atoms with Gasteiger partial charge in [0, 0.05) is 0 Å². The van der Waals surface area contributed by atoms with Gasteiger partial charge in [-0.3, -0.25) is 0 Å². The van der Waals surface area contributed by atoms with Crippen LogP contribution in [0.15, 0.2) is 0 Å². The molecule has 0 aromatic heterocycles. The Morgan fingerprint density at radius 3 is 2.73 bits per heavy atom. The van der Waals surface area contributed by atoms with Gasteiger partial charge >= 0.3 is 0 Å². The summed E-state index contributed by atoms with van der Waals surface area (Å²) in [5.41, 5.74) is 0. The van der Waals surface area contributed by atoms with E-state index in [2.05, 4.69) is 13.8 Å². The first-order chi connectivity index (χ1) is 5.20. The number of rotatable bonds is 0. The summed E-state index contributed by atoms with van der Waals surface area (Å²) in [6, 6.07) is 0. The highest BCUT2D eigenvalue weighted by atomic mass is 16.5. The number of aliphatic hydroxyl groups is 1. The molecule has 1 heterocycles. The second kappa shape index (κ2) is 2.46. The van der Waals surface area contributed by atoms with Crippen molar-refractivity contribution in [2.75, 3.05) is 6.61 Å². The molecule has 0 spiro atoms. The Morgan fingerprint density at radius 1 is 1.27 bits per heavy atom. The van der Waals surface area contributed by atoms with E-state index < -0.39 is 0 Å². The third kappa shape index (κ3) is 1.00. The lowest BCUT2D eigenvalue weighted by molar-refractivity contribution is -0.0394. The van der Waals surface area contributed by atoms with Crippen LogP contribution in [0.3, 0.4) is 0 Å². The van der Waals surface area contributed by atoms with E-state index in [1.165, 1.54) is 0 Å². The van der Waals surface area contributed by atoms with Gasteiger partial charge < -0.3 is 9.84 Å². The van der Waals surface area contributed by atoms with E-state index in [9.17, 15) is 5.11 Å². The lowest BCUT2D eigenvalue weighted by Crippen LogP contribution is -2.40. The van der Waals surface area contributed by atoms with Crippen molar-refractivity contribution in [3.63, 3.8) is 0 Å². The highest BCUT2D eigenvalue weighted by molar-refractivity contribution is 4.93. The molecule has 2 bridgehead atoms. The average molecular weight is 156 g/mol. The summed E-state index contributed by atoms with van der Waals surface area (Å²) in [6.07, 6.45) is 1.00. The van der Waals surface area contributed by atoms with Crippen molar-refractivity contribution in [2.24, 2.45) is 17.8 Å². The van der Waals surface area contributed by atoms with Crippen LogP contribution in [0, 0.1) is 17.8 Å². The van der Waals surface area contributed by atoms with Crippen LogP contribution in [0.2, 0.25) is 0 Å². The predicted octanol–water partition coefficient (Wildman–Crippen LogP) is 1.04. The van der Waals surface area contributed by atoms with Crippen LogP contribution in [0.4, 0.5) is 0 Å². The Kier molecular flexibility index (Phi) is 1.69. The van der Waals surface area contributed by atoms with E-state index >= 15 is 0 Å². The highest BCUT2D eigenvalue weighted by Gasteiger charge is 2.44. The molecule has 0 radical (unpaired) electrons. The fourth-order valence-corrected chi connectivity index (χ4v) is 2.37. The summed E-state index contributed by atoms with van der Waals surface area (Å²) in [5, 5.41) is 9.71. The summed E-state index contributed by atoms with van der Waals surface area (Å²) < 4.78 is 5.48. The second-order valence-corrected chi connectivity index (χ2v) is 4.08. The van der Waals surface area contributed by atoms with Gasteiger partial charge in [0.05, 0.1) is 18.8 Å². The molecule has 0 aromatic rings. The SMILES string of the molecule is C[C@@H]1C2CO[C@H](C2)C(O)[C@H]1C. The van der Waals surface area contributed by atoms with Gasteiger partial charge in [-0.15, -0.1) is 0 Å². The molecule has 1 saturated carbocycles. The smallest absolute Gasteiger partial charge is 0.0840 e. The lowest BCUT2D eigenvalue weighted by atomic mass is 9.73. The van der Waals surface area contributed by atoms with Crippen molar-refractivity contribution in [2.45, 2.75) is 32.5 Å². The number of hydrogen-bond acceptors (Lipinski definition) is 2. The molecule has 2 fully saturated rings. The second-order valence-electron chi connectivity index (χ2n) is 4.08. The number of ether oxygens (including phenoxy) is 1. The number of hydrogen-bond donors (Lipinski definition) is 1. The Labute approximate surface area is 67.6 Å². The van der Waals surface area contributed by atoms with Crippen LogP contribution in [0.1, 0.15) is 20.3 Å². The molecule has 64 valence electrons. The van der Waals surface area contributed by atoms with Crippen molar-refractivity contribution in [1.82, 2.24) is 0 Å². The van der Waals surface area contributed by atoms with Gasteiger partial charge in [-0.2, -0.15) is 0 Å². The van der Waals surface area contributed by atoms with E-state index in [0.717, 1.165) is 13.0 Å². The minimum Gasteiger partial charge on any atom is -0.390 e. The quantitative estimate of drug-likeness (QED) is 0.568. The molecule has 0 amide bonds. The van der Waals surface area contributed by atoms with Gasteiger partial charge in [0.1, 0.15) is 0 Å². The summed E-state index contributed by atoms with van der Waals surface area (Å²) in [6.45, 7) is 5.22. The zero-order valence-electron chi connectivity index (χ0n) is 7.16. The maximum atomic E-state index is 9.71. The summed E-state index contributed by atoms with van der Waals surface area (Å²) >= 11 is 0. The van der Waals surface area contributed by atoms with Gasteiger partial charge in [0.15, 0.2) is 0 Å². The van der Waals surface area contributed by atoms with Crippen molar-refractivity contribution >= 4 is 0 Å². The van der Waals surface area contributed by atoms with E-state index in [0.29, 0.717) is 17.8 Å². The maximum Gasteiger partial charge on any atom is 0.0840 e. The summed E-state index contributed by atoms with van der Waals surface area (Å²) in [4.78, 5) is 0. The highest BCUT2D eigenvalue weighted by Crippen LogP contribution is 2.40. The van der Waals surface area contributed by atoms with E-state index in [1.54, 1.807) is 0 Å². The fourth-order valence-electron chi connectivity index (χ4n) is 2.37. The van der Waals surface area contributed by atoms with Crippen molar-refractivity contribution in [1.29, 1.82) is 0 Å². The molecule has 2 nitrogen and oxygen atoms in total. The van der Waals surface area contributed by atoms with Gasteiger partial charge in [-0.05, 0) is 24.2 Å². The van der Waals surface area contributed by atoms with Crippen molar-refractivity contribution in [3.8, 4) is 0 Å². The Morgan fingerprint density at radius 2 is 2.00 bits per heavy atom. The van der Waals surface area contributed by atoms with Crippen LogP contribution in [0.5, 0.6) is 0 Å². The van der Waals surface area contributed by atoms with Gasteiger partial charge in [0.2, 0.25) is 0 Å². The molecular formula is C9H16O2. The Balaban J connectivity index is 2.16. The Hall–Kier alpha value is -0.0800. The zero-order valence-corrected chi connectivity index (χ0v) is 7.16. The zero-order chi connectivity index (χ0) is 8.01. The minimum absolute atomic E-state index is 0.145. The van der Waals surface area contributed by atoms with E-state index in [-0.39, 0.29) is 12.2 Å².